The van der Waals surface area contributed by atoms with Crippen LogP contribution in [0.1, 0.15) is 44.9 Å². The van der Waals surface area contributed by atoms with Crippen molar-refractivity contribution in [2.75, 3.05) is 13.7 Å². The lowest BCUT2D eigenvalue weighted by atomic mass is 9.84. The standard InChI is InChI=1S/C15H26N2O/c1-10(9-16)14(17)12-8-11(15(2,3)4)6-7-13(12)18-5/h6-8,10,14H,9,16-17H2,1-5H3. The topological polar surface area (TPSA) is 61.3 Å². The summed E-state index contributed by atoms with van der Waals surface area (Å²) in [4.78, 5) is 0. The van der Waals surface area contributed by atoms with Gasteiger partial charge in [0.1, 0.15) is 5.75 Å². The van der Waals surface area contributed by atoms with Crippen LogP contribution in [0.4, 0.5) is 0 Å². The highest BCUT2D eigenvalue weighted by Crippen LogP contribution is 2.33. The second-order valence-electron chi connectivity index (χ2n) is 5.95. The summed E-state index contributed by atoms with van der Waals surface area (Å²) >= 11 is 0. The zero-order chi connectivity index (χ0) is 13.9. The van der Waals surface area contributed by atoms with Crippen LogP contribution in [0, 0.1) is 5.92 Å². The van der Waals surface area contributed by atoms with Gasteiger partial charge < -0.3 is 16.2 Å². The fraction of sp³-hybridized carbons (Fsp3) is 0.600. The molecule has 0 amide bonds. The molecule has 2 atom stereocenters. The average molecular weight is 250 g/mol. The number of hydrogen-bond acceptors (Lipinski definition) is 3. The van der Waals surface area contributed by atoms with E-state index in [9.17, 15) is 0 Å². The van der Waals surface area contributed by atoms with Crippen LogP contribution in [-0.2, 0) is 5.41 Å². The van der Waals surface area contributed by atoms with Crippen LogP contribution in [0.15, 0.2) is 18.2 Å². The number of benzene rings is 1. The molecule has 0 saturated carbocycles. The predicted molar refractivity (Wildman–Crippen MR) is 76.8 cm³/mol. The Balaban J connectivity index is 3.22. The fourth-order valence-corrected chi connectivity index (χ4v) is 1.91. The Hall–Kier alpha value is -1.06. The number of ether oxygens (including phenoxy) is 1. The van der Waals surface area contributed by atoms with Crippen molar-refractivity contribution in [1.82, 2.24) is 0 Å². The molecule has 1 aromatic rings. The van der Waals surface area contributed by atoms with E-state index in [2.05, 4.69) is 39.8 Å². The summed E-state index contributed by atoms with van der Waals surface area (Å²) < 4.78 is 5.41. The van der Waals surface area contributed by atoms with Crippen molar-refractivity contribution in [2.24, 2.45) is 17.4 Å². The van der Waals surface area contributed by atoms with E-state index in [0.717, 1.165) is 11.3 Å². The minimum atomic E-state index is -0.0905. The molecule has 4 N–H and O–H groups in total. The Kier molecular flexibility index (Phi) is 4.77. The molecule has 0 aliphatic carbocycles. The molecule has 3 heteroatoms. The van der Waals surface area contributed by atoms with Crippen LogP contribution < -0.4 is 16.2 Å². The van der Waals surface area contributed by atoms with E-state index in [1.165, 1.54) is 5.56 Å². The van der Waals surface area contributed by atoms with Crippen LogP contribution in [0.5, 0.6) is 5.75 Å². The Morgan fingerprint density at radius 3 is 2.33 bits per heavy atom. The number of rotatable bonds is 4. The van der Waals surface area contributed by atoms with Gasteiger partial charge in [-0.2, -0.15) is 0 Å². The van der Waals surface area contributed by atoms with Gasteiger partial charge in [0, 0.05) is 11.6 Å². The summed E-state index contributed by atoms with van der Waals surface area (Å²) in [5, 5.41) is 0. The summed E-state index contributed by atoms with van der Waals surface area (Å²) in [7, 11) is 1.68. The fourth-order valence-electron chi connectivity index (χ4n) is 1.91. The molecule has 102 valence electrons. The Labute approximate surface area is 111 Å². The lowest BCUT2D eigenvalue weighted by molar-refractivity contribution is 0.391. The lowest BCUT2D eigenvalue weighted by Crippen LogP contribution is -2.26. The van der Waals surface area contributed by atoms with Crippen molar-refractivity contribution in [3.05, 3.63) is 29.3 Å². The predicted octanol–water partition coefficient (Wildman–Crippen LogP) is 2.59. The molecule has 1 aromatic carbocycles. The van der Waals surface area contributed by atoms with Crippen molar-refractivity contribution < 1.29 is 4.74 Å². The molecule has 0 aliphatic rings. The molecule has 0 fully saturated rings. The molecule has 0 aromatic heterocycles. The quantitative estimate of drug-likeness (QED) is 0.863. The van der Waals surface area contributed by atoms with Crippen molar-refractivity contribution in [3.8, 4) is 5.75 Å². The molecular weight excluding hydrogens is 224 g/mol. The van der Waals surface area contributed by atoms with Gasteiger partial charge in [-0.1, -0.05) is 33.8 Å². The molecule has 0 aliphatic heterocycles. The van der Waals surface area contributed by atoms with Gasteiger partial charge in [-0.15, -0.1) is 0 Å². The van der Waals surface area contributed by atoms with Crippen LogP contribution in [0.25, 0.3) is 0 Å². The molecule has 1 rings (SSSR count). The van der Waals surface area contributed by atoms with E-state index in [0.29, 0.717) is 6.54 Å². The maximum Gasteiger partial charge on any atom is 0.123 e. The smallest absolute Gasteiger partial charge is 0.123 e. The SMILES string of the molecule is COc1ccc(C(C)(C)C)cc1C(N)C(C)CN. The van der Waals surface area contributed by atoms with Gasteiger partial charge in [0.25, 0.3) is 0 Å². The van der Waals surface area contributed by atoms with Gasteiger partial charge >= 0.3 is 0 Å². The minimum Gasteiger partial charge on any atom is -0.496 e. The summed E-state index contributed by atoms with van der Waals surface area (Å²) in [6, 6.07) is 6.16. The molecule has 0 radical (unpaired) electrons. The van der Waals surface area contributed by atoms with E-state index in [4.69, 9.17) is 16.2 Å². The normalized spacial score (nSPS) is 15.3. The van der Waals surface area contributed by atoms with Crippen LogP contribution >= 0.6 is 0 Å². The van der Waals surface area contributed by atoms with Gasteiger partial charge in [-0.25, -0.2) is 0 Å². The van der Waals surface area contributed by atoms with Crippen molar-refractivity contribution >= 4 is 0 Å². The Morgan fingerprint density at radius 1 is 1.28 bits per heavy atom. The van der Waals surface area contributed by atoms with E-state index >= 15 is 0 Å². The first kappa shape index (κ1) is 15.0. The van der Waals surface area contributed by atoms with Crippen LogP contribution in [0.2, 0.25) is 0 Å². The summed E-state index contributed by atoms with van der Waals surface area (Å²) in [6.45, 7) is 9.21. The van der Waals surface area contributed by atoms with Gasteiger partial charge in [0.05, 0.1) is 7.11 Å². The first-order chi connectivity index (χ1) is 8.31. The Morgan fingerprint density at radius 2 is 1.89 bits per heavy atom. The van der Waals surface area contributed by atoms with Crippen LogP contribution in [0.3, 0.4) is 0 Å². The molecule has 0 heterocycles. The van der Waals surface area contributed by atoms with Crippen LogP contribution in [-0.4, -0.2) is 13.7 Å². The maximum atomic E-state index is 6.28. The largest absolute Gasteiger partial charge is 0.496 e. The van der Waals surface area contributed by atoms with E-state index < -0.39 is 0 Å². The molecule has 0 bridgehead atoms. The first-order valence-electron chi connectivity index (χ1n) is 6.45. The molecule has 0 saturated heterocycles. The molecule has 3 nitrogen and oxygen atoms in total. The second-order valence-corrected chi connectivity index (χ2v) is 5.95. The zero-order valence-electron chi connectivity index (χ0n) is 12.2. The van der Waals surface area contributed by atoms with Crippen molar-refractivity contribution in [1.29, 1.82) is 0 Å². The second kappa shape index (κ2) is 5.72. The lowest BCUT2D eigenvalue weighted by Gasteiger charge is -2.25. The van der Waals surface area contributed by atoms with Crippen molar-refractivity contribution in [3.63, 3.8) is 0 Å². The van der Waals surface area contributed by atoms with E-state index in [-0.39, 0.29) is 17.4 Å². The highest BCUT2D eigenvalue weighted by atomic mass is 16.5. The average Bonchev–Trinajstić information content (AvgIpc) is 2.35. The third-order valence-corrected chi connectivity index (χ3v) is 3.44. The summed E-state index contributed by atoms with van der Waals surface area (Å²) in [5.41, 5.74) is 14.4. The zero-order valence-corrected chi connectivity index (χ0v) is 12.2. The van der Waals surface area contributed by atoms with Gasteiger partial charge in [0.2, 0.25) is 0 Å². The van der Waals surface area contributed by atoms with Gasteiger partial charge in [-0.05, 0) is 35.6 Å². The minimum absolute atomic E-state index is 0.0905. The summed E-state index contributed by atoms with van der Waals surface area (Å²) in [5.74, 6) is 1.07. The third-order valence-electron chi connectivity index (χ3n) is 3.44. The van der Waals surface area contributed by atoms with Crippen molar-refractivity contribution in [2.45, 2.75) is 39.2 Å². The third kappa shape index (κ3) is 3.24. The maximum absolute atomic E-state index is 6.28. The number of methoxy groups -OCH3 is 1. The molecule has 0 spiro atoms. The molecular formula is C15H26N2O. The Bertz CT molecular complexity index is 396. The highest BCUT2D eigenvalue weighted by molar-refractivity contribution is 5.41. The molecule has 2 unspecified atom stereocenters. The van der Waals surface area contributed by atoms with E-state index in [1.54, 1.807) is 7.11 Å². The highest BCUT2D eigenvalue weighted by Gasteiger charge is 2.21. The number of nitrogens with two attached hydrogens (primary N) is 2. The monoisotopic (exact) mass is 250 g/mol. The molecule has 18 heavy (non-hydrogen) atoms. The van der Waals surface area contributed by atoms with E-state index in [1.807, 2.05) is 6.07 Å². The first-order valence-corrected chi connectivity index (χ1v) is 6.45. The van der Waals surface area contributed by atoms with Gasteiger partial charge in [0.15, 0.2) is 0 Å². The number of hydrogen-bond donors (Lipinski definition) is 2. The van der Waals surface area contributed by atoms with Gasteiger partial charge in [-0.3, -0.25) is 0 Å². The summed E-state index contributed by atoms with van der Waals surface area (Å²) in [6.07, 6.45) is 0.